The first-order valence-corrected chi connectivity index (χ1v) is 12.0. The second-order valence-corrected chi connectivity index (χ2v) is 10.4. The summed E-state index contributed by atoms with van der Waals surface area (Å²) < 4.78 is 28.2. The maximum atomic E-state index is 13.4. The van der Waals surface area contributed by atoms with E-state index < -0.39 is 10.0 Å². The van der Waals surface area contributed by atoms with Crippen molar-refractivity contribution in [1.29, 1.82) is 0 Å². The van der Waals surface area contributed by atoms with Crippen molar-refractivity contribution in [2.75, 3.05) is 0 Å². The molecule has 4 aromatic rings. The Bertz CT molecular complexity index is 1340. The highest BCUT2D eigenvalue weighted by atomic mass is 32.2. The SMILES string of the molecule is Cc1ccc(S(=O)(=O)n2cc(C(C)C)c3nc(Cc4c(C)cccc4C)ccc32)cc1. The summed E-state index contributed by atoms with van der Waals surface area (Å²) in [7, 11) is -3.70. The van der Waals surface area contributed by atoms with Gasteiger partial charge in [0.1, 0.15) is 0 Å². The average Bonchev–Trinajstić information content (AvgIpc) is 3.11. The Morgan fingerprint density at radius 3 is 2.16 bits per heavy atom. The van der Waals surface area contributed by atoms with Crippen LogP contribution in [0.3, 0.4) is 0 Å². The van der Waals surface area contributed by atoms with Gasteiger partial charge in [0.05, 0.1) is 15.9 Å². The maximum absolute atomic E-state index is 13.4. The highest BCUT2D eigenvalue weighted by Gasteiger charge is 2.23. The van der Waals surface area contributed by atoms with Crippen LogP contribution in [0.5, 0.6) is 0 Å². The van der Waals surface area contributed by atoms with Crippen LogP contribution in [0.4, 0.5) is 0 Å². The largest absolute Gasteiger partial charge is 0.268 e. The standard InChI is InChI=1S/C26H28N2O2S/c1-17(2)24-16-28(31(29,30)22-12-9-18(3)10-13-22)25-14-11-21(27-26(24)25)15-23-19(4)7-6-8-20(23)5/h6-14,16-17H,15H2,1-5H3. The number of nitrogens with zero attached hydrogens (tertiary/aromatic N) is 2. The van der Waals surface area contributed by atoms with Gasteiger partial charge in [0.15, 0.2) is 0 Å². The predicted octanol–water partition coefficient (Wildman–Crippen LogP) is 5.91. The van der Waals surface area contributed by atoms with E-state index in [0.717, 1.165) is 28.8 Å². The van der Waals surface area contributed by atoms with Crippen LogP contribution >= 0.6 is 0 Å². The third kappa shape index (κ3) is 3.90. The number of pyridine rings is 1. The molecular formula is C26H28N2O2S. The fraction of sp³-hybridized carbons (Fsp3) is 0.269. The lowest BCUT2D eigenvalue weighted by Gasteiger charge is -2.10. The quantitative estimate of drug-likeness (QED) is 0.394. The highest BCUT2D eigenvalue weighted by molar-refractivity contribution is 7.90. The minimum absolute atomic E-state index is 0.153. The Hall–Kier alpha value is -2.92. The first-order valence-electron chi connectivity index (χ1n) is 10.6. The van der Waals surface area contributed by atoms with Crippen molar-refractivity contribution < 1.29 is 8.42 Å². The molecule has 0 aliphatic carbocycles. The van der Waals surface area contributed by atoms with Crippen LogP contribution in [-0.4, -0.2) is 17.4 Å². The average molecular weight is 433 g/mol. The Kier molecular flexibility index (Phi) is 5.48. The van der Waals surface area contributed by atoms with Crippen molar-refractivity contribution in [2.24, 2.45) is 0 Å². The van der Waals surface area contributed by atoms with Gasteiger partial charge in [-0.15, -0.1) is 0 Å². The van der Waals surface area contributed by atoms with Gasteiger partial charge in [-0.3, -0.25) is 4.98 Å². The number of rotatable bonds is 5. The van der Waals surface area contributed by atoms with Crippen molar-refractivity contribution in [2.45, 2.75) is 51.9 Å². The number of hydrogen-bond donors (Lipinski definition) is 0. The zero-order valence-corrected chi connectivity index (χ0v) is 19.5. The fourth-order valence-corrected chi connectivity index (χ4v) is 5.36. The monoisotopic (exact) mass is 432 g/mol. The molecule has 0 atom stereocenters. The molecule has 0 radical (unpaired) electrons. The van der Waals surface area contributed by atoms with E-state index in [0.29, 0.717) is 5.52 Å². The molecular weight excluding hydrogens is 404 g/mol. The molecule has 160 valence electrons. The van der Waals surface area contributed by atoms with Gasteiger partial charge in [-0.05, 0) is 73.2 Å². The number of aryl methyl sites for hydroxylation is 3. The molecule has 5 heteroatoms. The van der Waals surface area contributed by atoms with Crippen LogP contribution in [0, 0.1) is 20.8 Å². The lowest BCUT2D eigenvalue weighted by atomic mass is 9.98. The molecule has 0 spiro atoms. The van der Waals surface area contributed by atoms with E-state index in [1.165, 1.54) is 20.7 Å². The summed E-state index contributed by atoms with van der Waals surface area (Å²) in [6.07, 6.45) is 2.46. The number of benzene rings is 2. The van der Waals surface area contributed by atoms with E-state index in [-0.39, 0.29) is 10.8 Å². The van der Waals surface area contributed by atoms with Crippen LogP contribution in [0.2, 0.25) is 0 Å². The molecule has 0 unspecified atom stereocenters. The normalized spacial score (nSPS) is 12.1. The summed E-state index contributed by atoms with van der Waals surface area (Å²) in [5, 5.41) is 0. The molecule has 0 aliphatic rings. The van der Waals surface area contributed by atoms with Crippen LogP contribution in [0.15, 0.2) is 65.7 Å². The molecule has 0 saturated heterocycles. The third-order valence-electron chi connectivity index (χ3n) is 5.90. The highest BCUT2D eigenvalue weighted by Crippen LogP contribution is 2.30. The van der Waals surface area contributed by atoms with Crippen LogP contribution < -0.4 is 0 Å². The Morgan fingerprint density at radius 2 is 1.55 bits per heavy atom. The molecule has 0 N–H and O–H groups in total. The molecule has 31 heavy (non-hydrogen) atoms. The molecule has 2 aromatic carbocycles. The van der Waals surface area contributed by atoms with Gasteiger partial charge < -0.3 is 0 Å². The third-order valence-corrected chi connectivity index (χ3v) is 7.59. The van der Waals surface area contributed by atoms with E-state index in [9.17, 15) is 8.42 Å². The summed E-state index contributed by atoms with van der Waals surface area (Å²) >= 11 is 0. The lowest BCUT2D eigenvalue weighted by Crippen LogP contribution is -2.12. The Morgan fingerprint density at radius 1 is 0.903 bits per heavy atom. The number of fused-ring (bicyclic) bond motifs is 1. The van der Waals surface area contributed by atoms with Crippen molar-refractivity contribution in [3.05, 3.63) is 94.3 Å². The summed E-state index contributed by atoms with van der Waals surface area (Å²) in [5.41, 5.74) is 8.04. The Balaban J connectivity index is 1.85. The van der Waals surface area contributed by atoms with E-state index in [1.807, 2.05) is 31.2 Å². The summed E-state index contributed by atoms with van der Waals surface area (Å²) in [5.74, 6) is 0.153. The molecule has 0 fully saturated rings. The van der Waals surface area contributed by atoms with Crippen LogP contribution in [0.1, 0.15) is 53.3 Å². The van der Waals surface area contributed by atoms with Gasteiger partial charge in [-0.25, -0.2) is 12.4 Å². The van der Waals surface area contributed by atoms with Crippen molar-refractivity contribution in [3.8, 4) is 0 Å². The molecule has 0 saturated carbocycles. The topological polar surface area (TPSA) is 52.0 Å². The van der Waals surface area contributed by atoms with Gasteiger partial charge in [-0.2, -0.15) is 0 Å². The van der Waals surface area contributed by atoms with E-state index >= 15 is 0 Å². The summed E-state index contributed by atoms with van der Waals surface area (Å²) in [6.45, 7) is 10.3. The fourth-order valence-electron chi connectivity index (χ4n) is 3.99. The molecule has 0 bridgehead atoms. The maximum Gasteiger partial charge on any atom is 0.268 e. The van der Waals surface area contributed by atoms with E-state index in [1.54, 1.807) is 18.3 Å². The molecule has 0 amide bonds. The summed E-state index contributed by atoms with van der Waals surface area (Å²) in [6, 6.07) is 17.1. The lowest BCUT2D eigenvalue weighted by molar-refractivity contribution is 0.589. The smallest absolute Gasteiger partial charge is 0.251 e. The second-order valence-electron chi connectivity index (χ2n) is 8.57. The van der Waals surface area contributed by atoms with Gasteiger partial charge in [0.2, 0.25) is 0 Å². The first kappa shape index (κ1) is 21.3. The molecule has 2 aromatic heterocycles. The zero-order chi connectivity index (χ0) is 22.3. The van der Waals surface area contributed by atoms with Gasteiger partial charge in [-0.1, -0.05) is 49.7 Å². The van der Waals surface area contributed by atoms with Gasteiger partial charge in [0, 0.05) is 18.3 Å². The molecule has 4 nitrogen and oxygen atoms in total. The van der Waals surface area contributed by atoms with Crippen LogP contribution in [0.25, 0.3) is 11.0 Å². The van der Waals surface area contributed by atoms with Crippen molar-refractivity contribution >= 4 is 21.1 Å². The zero-order valence-electron chi connectivity index (χ0n) is 18.7. The Labute approximate surface area is 184 Å². The molecule has 4 rings (SSSR count). The second kappa shape index (κ2) is 7.97. The number of hydrogen-bond acceptors (Lipinski definition) is 3. The summed E-state index contributed by atoms with van der Waals surface area (Å²) in [4.78, 5) is 5.21. The minimum atomic E-state index is -3.70. The predicted molar refractivity (Wildman–Crippen MR) is 126 cm³/mol. The van der Waals surface area contributed by atoms with E-state index in [4.69, 9.17) is 4.98 Å². The van der Waals surface area contributed by atoms with E-state index in [2.05, 4.69) is 45.9 Å². The van der Waals surface area contributed by atoms with Gasteiger partial charge in [0.25, 0.3) is 10.0 Å². The molecule has 2 heterocycles. The van der Waals surface area contributed by atoms with Gasteiger partial charge >= 0.3 is 0 Å². The number of aromatic nitrogens is 2. The molecule has 0 aliphatic heterocycles. The van der Waals surface area contributed by atoms with Crippen LogP contribution in [-0.2, 0) is 16.4 Å². The van der Waals surface area contributed by atoms with Crippen molar-refractivity contribution in [1.82, 2.24) is 8.96 Å². The minimum Gasteiger partial charge on any atom is -0.251 e. The first-order chi connectivity index (χ1) is 14.7. The van der Waals surface area contributed by atoms with Crippen molar-refractivity contribution in [3.63, 3.8) is 0 Å².